The van der Waals surface area contributed by atoms with Gasteiger partial charge < -0.3 is 9.47 Å². The highest BCUT2D eigenvalue weighted by Crippen LogP contribution is 2.71. The van der Waals surface area contributed by atoms with Crippen molar-refractivity contribution in [1.29, 1.82) is 0 Å². The van der Waals surface area contributed by atoms with E-state index in [4.69, 9.17) is 9.47 Å². The number of rotatable bonds is 7. The molecule has 0 heterocycles. The third-order valence-electron chi connectivity index (χ3n) is 15.8. The summed E-state index contributed by atoms with van der Waals surface area (Å²) in [5.41, 5.74) is 0.464. The van der Waals surface area contributed by atoms with Crippen LogP contribution in [-0.4, -0.2) is 23.1 Å². The Morgan fingerprint density at radius 1 is 0.636 bits per heavy atom. The summed E-state index contributed by atoms with van der Waals surface area (Å²) in [4.78, 5) is 26.2. The molecule has 10 aliphatic carbocycles. The first kappa shape index (κ1) is 29.8. The maximum absolute atomic E-state index is 13.2. The van der Waals surface area contributed by atoms with Crippen LogP contribution in [0.2, 0.25) is 0 Å². The number of esters is 2. The molecule has 0 aromatic carbocycles. The second-order valence-electron chi connectivity index (χ2n) is 18.0. The van der Waals surface area contributed by atoms with E-state index < -0.39 is 0 Å². The maximum Gasteiger partial charge on any atom is 0.333 e. The van der Waals surface area contributed by atoms with Crippen LogP contribution in [0.4, 0.5) is 0 Å². The summed E-state index contributed by atoms with van der Waals surface area (Å²) >= 11 is 0. The van der Waals surface area contributed by atoms with Gasteiger partial charge in [0.1, 0.15) is 11.2 Å². The standard InChI is InChI=1S/C40H58O4/c1-5-36(41)43-40(31-8-6-7-25(4)13-31)34-19-28-20-35(40)23-38(21-28,22-34)29-9-11-30(12-10-29)39(44-37(42)24(2)3)32-15-26-14-27(17-32)18-33(39)16-26/h5,25-35H,1-2,6-23H2,3-4H3. The Morgan fingerprint density at radius 3 is 1.77 bits per heavy atom. The first-order chi connectivity index (χ1) is 21.1. The Morgan fingerprint density at radius 2 is 1.20 bits per heavy atom. The van der Waals surface area contributed by atoms with E-state index in [0.717, 1.165) is 29.6 Å². The molecule has 242 valence electrons. The van der Waals surface area contributed by atoms with E-state index in [0.29, 0.717) is 46.5 Å². The minimum absolute atomic E-state index is 0.136. The van der Waals surface area contributed by atoms with Crippen LogP contribution in [0.15, 0.2) is 24.8 Å². The Labute approximate surface area is 266 Å². The molecule has 10 saturated carbocycles. The molecule has 0 spiro atoms. The Hall–Kier alpha value is -1.58. The lowest BCUT2D eigenvalue weighted by atomic mass is 9.38. The predicted molar refractivity (Wildman–Crippen MR) is 172 cm³/mol. The minimum Gasteiger partial charge on any atom is -0.455 e. The smallest absolute Gasteiger partial charge is 0.333 e. The summed E-state index contributed by atoms with van der Waals surface area (Å²) in [6, 6.07) is 0. The molecule has 0 aromatic rings. The zero-order valence-electron chi connectivity index (χ0n) is 27.7. The number of carbonyl (C=O) groups is 2. The van der Waals surface area contributed by atoms with Crippen molar-refractivity contribution < 1.29 is 19.1 Å². The highest BCUT2D eigenvalue weighted by Gasteiger charge is 2.68. The molecule has 0 N–H and O–H groups in total. The predicted octanol–water partition coefficient (Wildman–Crippen LogP) is 9.23. The molecular weight excluding hydrogens is 544 g/mol. The van der Waals surface area contributed by atoms with Gasteiger partial charge in [0.25, 0.3) is 0 Å². The molecule has 0 aromatic heterocycles. The Balaban J connectivity index is 1.04. The topological polar surface area (TPSA) is 52.6 Å². The number of hydrogen-bond donors (Lipinski definition) is 0. The normalized spacial score (nSPS) is 52.0. The fourth-order valence-electron chi connectivity index (χ4n) is 14.8. The Kier molecular flexibility index (Phi) is 7.27. The summed E-state index contributed by atoms with van der Waals surface area (Å²) < 4.78 is 13.4. The van der Waals surface area contributed by atoms with Gasteiger partial charge in [0.15, 0.2) is 0 Å². The van der Waals surface area contributed by atoms with E-state index in [1.807, 2.05) is 6.92 Å². The van der Waals surface area contributed by atoms with Crippen molar-refractivity contribution in [1.82, 2.24) is 0 Å². The van der Waals surface area contributed by atoms with Crippen LogP contribution in [0, 0.1) is 70.5 Å². The number of hydrogen-bond acceptors (Lipinski definition) is 4. The highest BCUT2D eigenvalue weighted by molar-refractivity contribution is 5.87. The summed E-state index contributed by atoms with van der Waals surface area (Å²) in [5.74, 6) is 6.84. The monoisotopic (exact) mass is 602 g/mol. The second kappa shape index (κ2) is 10.7. The summed E-state index contributed by atoms with van der Waals surface area (Å²) in [7, 11) is 0. The quantitative estimate of drug-likeness (QED) is 0.215. The SMILES string of the molecule is C=CC(=O)OC1(C2CCCC(C)C2)C2CC3CC1CC(C1CCC(C4(OC(=O)C(=C)C)C5CC6CC(C5)CC4C6)CC1)(C3)C2. The lowest BCUT2D eigenvalue weighted by Crippen LogP contribution is -2.67. The van der Waals surface area contributed by atoms with E-state index in [9.17, 15) is 9.59 Å². The maximum atomic E-state index is 13.2. The largest absolute Gasteiger partial charge is 0.455 e. The molecule has 0 saturated heterocycles. The van der Waals surface area contributed by atoms with Crippen molar-refractivity contribution in [2.24, 2.45) is 70.5 Å². The van der Waals surface area contributed by atoms with Gasteiger partial charge in [-0.25, -0.2) is 9.59 Å². The van der Waals surface area contributed by atoms with E-state index in [-0.39, 0.29) is 23.1 Å². The fourth-order valence-corrected chi connectivity index (χ4v) is 14.8. The van der Waals surface area contributed by atoms with Crippen molar-refractivity contribution in [3.8, 4) is 0 Å². The van der Waals surface area contributed by atoms with Crippen LogP contribution in [-0.2, 0) is 19.1 Å². The van der Waals surface area contributed by atoms with Crippen LogP contribution < -0.4 is 0 Å². The highest BCUT2D eigenvalue weighted by atomic mass is 16.6. The van der Waals surface area contributed by atoms with Crippen LogP contribution in [0.1, 0.15) is 129 Å². The number of ether oxygens (including phenoxy) is 2. The van der Waals surface area contributed by atoms with Crippen molar-refractivity contribution in [2.45, 2.75) is 141 Å². The van der Waals surface area contributed by atoms with Gasteiger partial charge in [0.05, 0.1) is 0 Å². The van der Waals surface area contributed by atoms with Crippen molar-refractivity contribution in [3.05, 3.63) is 24.8 Å². The van der Waals surface area contributed by atoms with Gasteiger partial charge in [0.2, 0.25) is 0 Å². The van der Waals surface area contributed by atoms with Crippen LogP contribution in [0.3, 0.4) is 0 Å². The van der Waals surface area contributed by atoms with Crippen LogP contribution in [0.5, 0.6) is 0 Å². The Bertz CT molecular complexity index is 1150. The van der Waals surface area contributed by atoms with Crippen molar-refractivity contribution >= 4 is 11.9 Å². The van der Waals surface area contributed by atoms with Gasteiger partial charge >= 0.3 is 11.9 Å². The zero-order valence-corrected chi connectivity index (χ0v) is 27.7. The molecule has 10 aliphatic rings. The molecular formula is C40H58O4. The molecule has 0 radical (unpaired) electrons. The van der Waals surface area contributed by atoms with Gasteiger partial charge in [-0.15, -0.1) is 0 Å². The van der Waals surface area contributed by atoms with E-state index >= 15 is 0 Å². The van der Waals surface area contributed by atoms with E-state index in [1.165, 1.54) is 122 Å². The minimum atomic E-state index is -0.265. The van der Waals surface area contributed by atoms with Gasteiger partial charge in [-0.3, -0.25) is 0 Å². The molecule has 4 atom stereocenters. The van der Waals surface area contributed by atoms with E-state index in [1.54, 1.807) is 0 Å². The van der Waals surface area contributed by atoms with Crippen LogP contribution >= 0.6 is 0 Å². The molecule has 0 aliphatic heterocycles. The first-order valence-electron chi connectivity index (χ1n) is 18.9. The molecule has 4 unspecified atom stereocenters. The van der Waals surface area contributed by atoms with Gasteiger partial charge in [0, 0.05) is 23.5 Å². The summed E-state index contributed by atoms with van der Waals surface area (Å²) in [6.07, 6.45) is 24.4. The molecule has 4 nitrogen and oxygen atoms in total. The zero-order chi connectivity index (χ0) is 30.4. The van der Waals surface area contributed by atoms with Crippen molar-refractivity contribution in [2.75, 3.05) is 0 Å². The van der Waals surface area contributed by atoms with E-state index in [2.05, 4.69) is 20.1 Å². The first-order valence-corrected chi connectivity index (χ1v) is 18.9. The average molecular weight is 603 g/mol. The van der Waals surface area contributed by atoms with Crippen LogP contribution in [0.25, 0.3) is 0 Å². The fraction of sp³-hybridized carbons (Fsp3) is 0.850. The lowest BCUT2D eigenvalue weighted by Gasteiger charge is -2.69. The molecule has 10 fully saturated rings. The van der Waals surface area contributed by atoms with Gasteiger partial charge in [-0.2, -0.15) is 0 Å². The van der Waals surface area contributed by atoms with Gasteiger partial charge in [-0.1, -0.05) is 32.9 Å². The molecule has 8 bridgehead atoms. The lowest BCUT2D eigenvalue weighted by molar-refractivity contribution is -0.258. The third-order valence-corrected chi connectivity index (χ3v) is 15.8. The summed E-state index contributed by atoms with van der Waals surface area (Å²) in [5, 5.41) is 0. The van der Waals surface area contributed by atoms with Crippen molar-refractivity contribution in [3.63, 3.8) is 0 Å². The molecule has 10 rings (SSSR count). The number of carbonyl (C=O) groups excluding carboxylic acids is 2. The molecule has 44 heavy (non-hydrogen) atoms. The van der Waals surface area contributed by atoms with Gasteiger partial charge in [-0.05, 0) is 168 Å². The molecule has 0 amide bonds. The average Bonchev–Trinajstić information content (AvgIpc) is 3.00. The molecule has 4 heteroatoms. The third kappa shape index (κ3) is 4.40. The second-order valence-corrected chi connectivity index (χ2v) is 18.0. The summed E-state index contributed by atoms with van der Waals surface area (Å²) in [6.45, 7) is 12.1.